The predicted octanol–water partition coefficient (Wildman–Crippen LogP) is 3.14. The molecule has 2 aromatic rings. The minimum Gasteiger partial charge on any atom is -0.480 e. The molecule has 9 heteroatoms. The zero-order valence-electron chi connectivity index (χ0n) is 16.6. The minimum atomic E-state index is -1.19. The second-order valence-electron chi connectivity index (χ2n) is 7.34. The Morgan fingerprint density at radius 1 is 1.30 bits per heavy atom. The average molecular weight is 469 g/mol. The Hall–Kier alpha value is -1.93. The van der Waals surface area contributed by atoms with Crippen molar-refractivity contribution in [3.05, 3.63) is 62.6 Å². The van der Waals surface area contributed by atoms with Crippen LogP contribution in [0.5, 0.6) is 0 Å². The van der Waals surface area contributed by atoms with Gasteiger partial charge in [-0.05, 0) is 48.4 Å². The molecule has 0 spiro atoms. The number of carbonyl (C=O) groups excluding carboxylic acids is 1. The Morgan fingerprint density at radius 3 is 2.70 bits per heavy atom. The highest BCUT2D eigenvalue weighted by molar-refractivity contribution is 7.84. The molecule has 1 aliphatic heterocycles. The molecule has 6 nitrogen and oxygen atoms in total. The van der Waals surface area contributed by atoms with Gasteiger partial charge in [0.2, 0.25) is 0 Å². The van der Waals surface area contributed by atoms with Gasteiger partial charge in [0, 0.05) is 41.5 Å². The number of carboxylic acids is 1. The van der Waals surface area contributed by atoms with Crippen molar-refractivity contribution in [1.82, 2.24) is 10.2 Å². The Kier molecular flexibility index (Phi) is 7.18. The topological polar surface area (TPSA) is 86.7 Å². The molecule has 30 heavy (non-hydrogen) atoms. The summed E-state index contributed by atoms with van der Waals surface area (Å²) < 4.78 is 11.7. The highest BCUT2D eigenvalue weighted by atomic mass is 35.5. The molecule has 0 saturated heterocycles. The second-order valence-corrected chi connectivity index (χ2v) is 9.51. The molecule has 3 rings (SSSR count). The fraction of sp³-hybridized carbons (Fsp3) is 0.333. The molecule has 0 fully saturated rings. The van der Waals surface area contributed by atoms with E-state index in [0.29, 0.717) is 23.4 Å². The Balaban J connectivity index is 1.85. The molecule has 1 heterocycles. The SMILES string of the molecule is CN1CCc2c(cc(Cl)c(C(=O)N[C@@H](Cc3cccc(S(C)=O)c3)C(=O)O)c2Cl)C1. The Morgan fingerprint density at radius 2 is 2.03 bits per heavy atom. The quantitative estimate of drug-likeness (QED) is 0.679. The monoisotopic (exact) mass is 468 g/mol. The molecule has 1 unspecified atom stereocenters. The summed E-state index contributed by atoms with van der Waals surface area (Å²) in [5.41, 5.74) is 2.58. The first-order chi connectivity index (χ1) is 14.2. The van der Waals surface area contributed by atoms with Gasteiger partial charge in [0.1, 0.15) is 6.04 Å². The van der Waals surface area contributed by atoms with Crippen LogP contribution in [0.25, 0.3) is 0 Å². The molecule has 2 N–H and O–H groups in total. The summed E-state index contributed by atoms with van der Waals surface area (Å²) in [6.45, 7) is 1.49. The van der Waals surface area contributed by atoms with Gasteiger partial charge in [0.15, 0.2) is 0 Å². The van der Waals surface area contributed by atoms with Crippen molar-refractivity contribution in [3.8, 4) is 0 Å². The summed E-state index contributed by atoms with van der Waals surface area (Å²) in [7, 11) is 0.803. The lowest BCUT2D eigenvalue weighted by atomic mass is 9.96. The third kappa shape index (κ3) is 5.03. The van der Waals surface area contributed by atoms with E-state index in [1.807, 2.05) is 7.05 Å². The van der Waals surface area contributed by atoms with Crippen molar-refractivity contribution in [2.75, 3.05) is 19.8 Å². The largest absolute Gasteiger partial charge is 0.480 e. The number of amides is 1. The van der Waals surface area contributed by atoms with Crippen molar-refractivity contribution in [1.29, 1.82) is 0 Å². The lowest BCUT2D eigenvalue weighted by Gasteiger charge is -2.27. The van der Waals surface area contributed by atoms with E-state index in [2.05, 4.69) is 10.2 Å². The van der Waals surface area contributed by atoms with Crippen molar-refractivity contribution >= 4 is 45.9 Å². The van der Waals surface area contributed by atoms with Crippen LogP contribution in [0.1, 0.15) is 27.0 Å². The van der Waals surface area contributed by atoms with E-state index in [-0.39, 0.29) is 22.0 Å². The molecule has 0 saturated carbocycles. The van der Waals surface area contributed by atoms with Crippen molar-refractivity contribution in [2.45, 2.75) is 30.3 Å². The number of likely N-dealkylation sites (N-methyl/N-ethyl adjacent to an activating group) is 1. The lowest BCUT2D eigenvalue weighted by molar-refractivity contribution is -0.139. The van der Waals surface area contributed by atoms with Crippen LogP contribution in [0.2, 0.25) is 10.0 Å². The lowest BCUT2D eigenvalue weighted by Crippen LogP contribution is -2.42. The summed E-state index contributed by atoms with van der Waals surface area (Å²) in [5.74, 6) is -1.81. The maximum atomic E-state index is 12.9. The van der Waals surface area contributed by atoms with E-state index in [0.717, 1.165) is 17.7 Å². The molecule has 0 aromatic heterocycles. The number of aliphatic carboxylic acids is 1. The van der Waals surface area contributed by atoms with Gasteiger partial charge in [-0.3, -0.25) is 9.00 Å². The van der Waals surface area contributed by atoms with E-state index in [9.17, 15) is 18.9 Å². The first-order valence-electron chi connectivity index (χ1n) is 9.31. The molecule has 160 valence electrons. The fourth-order valence-electron chi connectivity index (χ4n) is 3.52. The molecule has 2 aromatic carbocycles. The summed E-state index contributed by atoms with van der Waals surface area (Å²) in [6.07, 6.45) is 2.27. The second kappa shape index (κ2) is 9.47. The van der Waals surface area contributed by atoms with Crippen LogP contribution in [0, 0.1) is 0 Å². The Labute approximate surface area is 187 Å². The number of hydrogen-bond donors (Lipinski definition) is 2. The van der Waals surface area contributed by atoms with Crippen molar-refractivity contribution in [2.24, 2.45) is 0 Å². The van der Waals surface area contributed by atoms with Crippen LogP contribution < -0.4 is 5.32 Å². The first kappa shape index (κ1) is 22.7. The average Bonchev–Trinajstić information content (AvgIpc) is 2.67. The van der Waals surface area contributed by atoms with Gasteiger partial charge in [0.05, 0.1) is 15.6 Å². The summed E-state index contributed by atoms with van der Waals surface area (Å²) in [6, 6.07) is 7.36. The molecule has 0 radical (unpaired) electrons. The normalized spacial score (nSPS) is 15.9. The maximum Gasteiger partial charge on any atom is 0.326 e. The molecule has 1 aliphatic rings. The van der Waals surface area contributed by atoms with Gasteiger partial charge < -0.3 is 15.3 Å². The number of benzene rings is 2. The van der Waals surface area contributed by atoms with E-state index >= 15 is 0 Å². The zero-order valence-corrected chi connectivity index (χ0v) is 18.9. The summed E-state index contributed by atoms with van der Waals surface area (Å²) in [4.78, 5) is 27.4. The molecule has 0 aliphatic carbocycles. The van der Waals surface area contributed by atoms with Crippen LogP contribution >= 0.6 is 23.2 Å². The van der Waals surface area contributed by atoms with Gasteiger partial charge in [-0.1, -0.05) is 35.3 Å². The zero-order chi connectivity index (χ0) is 22.0. The third-order valence-electron chi connectivity index (χ3n) is 5.10. The fourth-order valence-corrected chi connectivity index (χ4v) is 4.87. The standard InChI is InChI=1S/C21H22Cl2N2O4S/c1-25-7-6-15-13(11-25)10-16(22)18(19(15)23)20(26)24-17(21(27)28)9-12-4-3-5-14(8-12)30(2)29/h3-5,8,10,17H,6-7,9,11H2,1-2H3,(H,24,26)(H,27,28)/t17-,30?/m0/s1. The van der Waals surface area contributed by atoms with Gasteiger partial charge in [-0.25, -0.2) is 4.79 Å². The van der Waals surface area contributed by atoms with Crippen molar-refractivity contribution < 1.29 is 18.9 Å². The van der Waals surface area contributed by atoms with Crippen molar-refractivity contribution in [3.63, 3.8) is 0 Å². The third-order valence-corrected chi connectivity index (χ3v) is 6.73. The van der Waals surface area contributed by atoms with E-state index in [1.165, 1.54) is 0 Å². The van der Waals surface area contributed by atoms with Crippen LogP contribution in [-0.2, 0) is 35.0 Å². The summed E-state index contributed by atoms with van der Waals surface area (Å²) in [5, 5.41) is 12.6. The smallest absolute Gasteiger partial charge is 0.326 e. The number of carbonyl (C=O) groups is 2. The number of hydrogen-bond acceptors (Lipinski definition) is 4. The summed E-state index contributed by atoms with van der Waals surface area (Å²) >= 11 is 12.9. The van der Waals surface area contributed by atoms with Crippen LogP contribution in [-0.4, -0.2) is 52.0 Å². The minimum absolute atomic E-state index is 0.0388. The van der Waals surface area contributed by atoms with Gasteiger partial charge >= 0.3 is 5.97 Å². The van der Waals surface area contributed by atoms with Gasteiger partial charge in [-0.2, -0.15) is 0 Å². The highest BCUT2D eigenvalue weighted by Gasteiger charge is 2.27. The van der Waals surface area contributed by atoms with Gasteiger partial charge in [-0.15, -0.1) is 0 Å². The van der Waals surface area contributed by atoms with E-state index in [4.69, 9.17) is 23.2 Å². The molecule has 2 atom stereocenters. The predicted molar refractivity (Wildman–Crippen MR) is 118 cm³/mol. The van der Waals surface area contributed by atoms with Gasteiger partial charge in [0.25, 0.3) is 5.91 Å². The van der Waals surface area contributed by atoms with Crippen LogP contribution in [0.15, 0.2) is 35.2 Å². The highest BCUT2D eigenvalue weighted by Crippen LogP contribution is 2.34. The first-order valence-corrected chi connectivity index (χ1v) is 11.6. The maximum absolute atomic E-state index is 12.9. The number of halogens is 2. The van der Waals surface area contributed by atoms with E-state index in [1.54, 1.807) is 36.6 Å². The Bertz CT molecular complexity index is 1030. The number of rotatable bonds is 6. The number of nitrogens with zero attached hydrogens (tertiary/aromatic N) is 1. The number of carboxylic acid groups (broad SMARTS) is 1. The molecular formula is C21H22Cl2N2O4S. The molecular weight excluding hydrogens is 447 g/mol. The van der Waals surface area contributed by atoms with Crippen LogP contribution in [0.3, 0.4) is 0 Å². The molecule has 1 amide bonds. The molecule has 0 bridgehead atoms. The van der Waals surface area contributed by atoms with Crippen LogP contribution in [0.4, 0.5) is 0 Å². The number of fused-ring (bicyclic) bond motifs is 1. The number of nitrogens with one attached hydrogen (secondary N) is 1. The van der Waals surface area contributed by atoms with E-state index < -0.39 is 28.7 Å².